The molecule has 5 nitrogen and oxygen atoms in total. The standard InChI is InChI=1S/C21H27NO4/c1-25-20(24)21-9-15-7-16(10-21)19(17(8-15)11-21)22-12-18(23)26-13-14-5-3-2-4-6-14/h2-6,15-17,19,22H,7-13H2,1H3. The molecule has 4 fully saturated rings. The van der Waals surface area contributed by atoms with Crippen molar-refractivity contribution in [2.45, 2.75) is 44.8 Å². The van der Waals surface area contributed by atoms with Crippen LogP contribution in [0.5, 0.6) is 0 Å². The highest BCUT2D eigenvalue weighted by Gasteiger charge is 2.58. The molecule has 2 unspecified atom stereocenters. The summed E-state index contributed by atoms with van der Waals surface area (Å²) in [5.74, 6) is 1.31. The third-order valence-corrected chi connectivity index (χ3v) is 6.62. The summed E-state index contributed by atoms with van der Waals surface area (Å²) in [6, 6.07) is 10.0. The van der Waals surface area contributed by atoms with Gasteiger partial charge < -0.3 is 14.8 Å². The van der Waals surface area contributed by atoms with E-state index in [1.165, 1.54) is 7.11 Å². The number of carbonyl (C=O) groups excluding carboxylic acids is 2. The van der Waals surface area contributed by atoms with E-state index in [1.807, 2.05) is 30.3 Å². The second-order valence-electron chi connectivity index (χ2n) is 8.29. The fourth-order valence-corrected chi connectivity index (χ4v) is 5.81. The van der Waals surface area contributed by atoms with Crippen molar-refractivity contribution in [3.05, 3.63) is 35.9 Å². The highest BCUT2D eigenvalue weighted by atomic mass is 16.5. The largest absolute Gasteiger partial charge is 0.469 e. The van der Waals surface area contributed by atoms with Crippen LogP contribution >= 0.6 is 0 Å². The Morgan fingerprint density at radius 3 is 2.46 bits per heavy atom. The molecule has 0 amide bonds. The van der Waals surface area contributed by atoms with Gasteiger partial charge in [0, 0.05) is 6.04 Å². The molecule has 5 heteroatoms. The molecule has 4 bridgehead atoms. The van der Waals surface area contributed by atoms with Crippen LogP contribution in [0.4, 0.5) is 0 Å². The molecule has 4 aliphatic rings. The number of hydrogen-bond acceptors (Lipinski definition) is 5. The highest BCUT2D eigenvalue weighted by Crippen LogP contribution is 2.60. The van der Waals surface area contributed by atoms with Crippen LogP contribution in [-0.4, -0.2) is 31.6 Å². The summed E-state index contributed by atoms with van der Waals surface area (Å²) >= 11 is 0. The van der Waals surface area contributed by atoms with E-state index < -0.39 is 0 Å². The molecule has 4 aliphatic carbocycles. The molecule has 0 radical (unpaired) electrons. The van der Waals surface area contributed by atoms with Gasteiger partial charge in [0.05, 0.1) is 19.1 Å². The van der Waals surface area contributed by atoms with Crippen molar-refractivity contribution in [3.63, 3.8) is 0 Å². The van der Waals surface area contributed by atoms with Crippen molar-refractivity contribution in [2.24, 2.45) is 23.2 Å². The Kier molecular flexibility index (Phi) is 4.74. The molecule has 1 aromatic rings. The van der Waals surface area contributed by atoms with Gasteiger partial charge in [0.1, 0.15) is 6.61 Å². The first-order chi connectivity index (χ1) is 12.6. The number of methoxy groups -OCH3 is 1. The number of nitrogens with one attached hydrogen (secondary N) is 1. The van der Waals surface area contributed by atoms with Gasteiger partial charge in [-0.25, -0.2) is 0 Å². The maximum Gasteiger partial charge on any atom is 0.320 e. The first-order valence-corrected chi connectivity index (χ1v) is 9.61. The van der Waals surface area contributed by atoms with Crippen molar-refractivity contribution in [1.29, 1.82) is 0 Å². The number of ether oxygens (including phenoxy) is 2. The SMILES string of the molecule is COC(=O)C12CC3CC(C1)C(NCC(=O)OCc1ccccc1)C(C3)C2. The van der Waals surface area contributed by atoms with Gasteiger partial charge in [-0.3, -0.25) is 9.59 Å². The third-order valence-electron chi connectivity index (χ3n) is 6.62. The lowest BCUT2D eigenvalue weighted by Gasteiger charge is -2.58. The van der Waals surface area contributed by atoms with E-state index in [0.717, 1.165) is 37.7 Å². The van der Waals surface area contributed by atoms with Crippen LogP contribution in [0.2, 0.25) is 0 Å². The average Bonchev–Trinajstić information content (AvgIpc) is 2.65. The van der Waals surface area contributed by atoms with Gasteiger partial charge in [-0.1, -0.05) is 30.3 Å². The lowest BCUT2D eigenvalue weighted by molar-refractivity contribution is -0.171. The van der Waals surface area contributed by atoms with Crippen molar-refractivity contribution in [1.82, 2.24) is 5.32 Å². The van der Waals surface area contributed by atoms with Crippen LogP contribution in [0.25, 0.3) is 0 Å². The molecule has 26 heavy (non-hydrogen) atoms. The predicted molar refractivity (Wildman–Crippen MR) is 96.0 cm³/mol. The van der Waals surface area contributed by atoms with Crippen LogP contribution in [0.1, 0.15) is 37.7 Å². The van der Waals surface area contributed by atoms with Gasteiger partial charge in [0.15, 0.2) is 0 Å². The number of esters is 2. The molecule has 1 N–H and O–H groups in total. The fraction of sp³-hybridized carbons (Fsp3) is 0.619. The topological polar surface area (TPSA) is 64.6 Å². The van der Waals surface area contributed by atoms with E-state index in [-0.39, 0.29) is 23.9 Å². The van der Waals surface area contributed by atoms with Crippen molar-refractivity contribution in [3.8, 4) is 0 Å². The number of carbonyl (C=O) groups is 2. The Labute approximate surface area is 154 Å². The summed E-state index contributed by atoms with van der Waals surface area (Å²) in [5.41, 5.74) is 0.729. The molecule has 2 atom stereocenters. The molecule has 1 aromatic carbocycles. The minimum Gasteiger partial charge on any atom is -0.469 e. The Balaban J connectivity index is 1.31. The van der Waals surface area contributed by atoms with Crippen molar-refractivity contribution in [2.75, 3.05) is 13.7 Å². The maximum atomic E-state index is 12.3. The first-order valence-electron chi connectivity index (χ1n) is 9.61. The van der Waals surface area contributed by atoms with E-state index in [0.29, 0.717) is 30.4 Å². The summed E-state index contributed by atoms with van der Waals surface area (Å²) < 4.78 is 10.5. The summed E-state index contributed by atoms with van der Waals surface area (Å²) in [6.07, 6.45) is 5.09. The molecule has 0 saturated heterocycles. The van der Waals surface area contributed by atoms with E-state index in [1.54, 1.807) is 0 Å². The zero-order valence-corrected chi connectivity index (χ0v) is 15.3. The van der Waals surface area contributed by atoms with Crippen LogP contribution in [0.3, 0.4) is 0 Å². The second kappa shape index (κ2) is 7.03. The highest BCUT2D eigenvalue weighted by molar-refractivity contribution is 5.77. The lowest BCUT2D eigenvalue weighted by Crippen LogP contribution is -2.60. The summed E-state index contributed by atoms with van der Waals surface area (Å²) in [6.45, 7) is 0.548. The van der Waals surface area contributed by atoms with E-state index in [2.05, 4.69) is 5.32 Å². The smallest absolute Gasteiger partial charge is 0.320 e. The lowest BCUT2D eigenvalue weighted by atomic mass is 9.48. The quantitative estimate of drug-likeness (QED) is 0.793. The van der Waals surface area contributed by atoms with E-state index in [9.17, 15) is 9.59 Å². The minimum absolute atomic E-state index is 0.0300. The molecule has 0 spiro atoms. The van der Waals surface area contributed by atoms with Crippen LogP contribution in [0, 0.1) is 23.2 Å². The molecule has 5 rings (SSSR count). The predicted octanol–water partition coefficient (Wildman–Crippen LogP) is 2.69. The number of benzene rings is 1. The monoisotopic (exact) mass is 357 g/mol. The van der Waals surface area contributed by atoms with Crippen molar-refractivity contribution >= 4 is 11.9 Å². The zero-order chi connectivity index (χ0) is 18.1. The molecular formula is C21H27NO4. The Bertz CT molecular complexity index is 658. The van der Waals surface area contributed by atoms with E-state index in [4.69, 9.17) is 9.47 Å². The van der Waals surface area contributed by atoms with Crippen molar-refractivity contribution < 1.29 is 19.1 Å². The molecule has 0 aromatic heterocycles. The fourth-order valence-electron chi connectivity index (χ4n) is 5.81. The Hall–Kier alpha value is -1.88. The van der Waals surface area contributed by atoms with Gasteiger partial charge >= 0.3 is 11.9 Å². The molecule has 0 heterocycles. The van der Waals surface area contributed by atoms with Crippen LogP contribution in [-0.2, 0) is 25.7 Å². The maximum absolute atomic E-state index is 12.3. The average molecular weight is 357 g/mol. The van der Waals surface area contributed by atoms with Gasteiger partial charge in [-0.15, -0.1) is 0 Å². The molecule has 4 saturated carbocycles. The second-order valence-corrected chi connectivity index (χ2v) is 8.29. The summed E-state index contributed by atoms with van der Waals surface area (Å²) in [7, 11) is 1.50. The zero-order valence-electron chi connectivity index (χ0n) is 15.3. The summed E-state index contributed by atoms with van der Waals surface area (Å²) in [5, 5.41) is 3.45. The Morgan fingerprint density at radius 2 is 1.81 bits per heavy atom. The normalized spacial score (nSPS) is 34.5. The van der Waals surface area contributed by atoms with Gasteiger partial charge in [0.25, 0.3) is 0 Å². The molecular weight excluding hydrogens is 330 g/mol. The third kappa shape index (κ3) is 3.25. The van der Waals surface area contributed by atoms with Crippen LogP contribution in [0.15, 0.2) is 30.3 Å². The number of hydrogen-bond donors (Lipinski definition) is 1. The van der Waals surface area contributed by atoms with E-state index >= 15 is 0 Å². The summed E-state index contributed by atoms with van der Waals surface area (Å²) in [4.78, 5) is 24.5. The number of rotatable bonds is 6. The van der Waals surface area contributed by atoms with Crippen LogP contribution < -0.4 is 5.32 Å². The molecule has 140 valence electrons. The van der Waals surface area contributed by atoms with Gasteiger partial charge in [-0.05, 0) is 55.4 Å². The van der Waals surface area contributed by atoms with Gasteiger partial charge in [-0.2, -0.15) is 0 Å². The minimum atomic E-state index is -0.267. The first kappa shape index (κ1) is 17.5. The van der Waals surface area contributed by atoms with Gasteiger partial charge in [0.2, 0.25) is 0 Å². The Morgan fingerprint density at radius 1 is 1.12 bits per heavy atom. The molecule has 0 aliphatic heterocycles.